The van der Waals surface area contributed by atoms with E-state index in [4.69, 9.17) is 0 Å². The third kappa shape index (κ3) is 4.80. The van der Waals surface area contributed by atoms with Gasteiger partial charge in [-0.05, 0) is 6.92 Å². The number of amides is 2. The highest BCUT2D eigenvalue weighted by atomic mass is 16.1. The normalized spacial score (nSPS) is 11.7. The Bertz CT molecular complexity index is 95.0. The Morgan fingerprint density at radius 1 is 1.44 bits per heavy atom. The van der Waals surface area contributed by atoms with Crippen LogP contribution in [0.2, 0.25) is 0 Å². The molecule has 2 amide bonds. The molecule has 0 heterocycles. The van der Waals surface area contributed by atoms with Gasteiger partial charge in [0.05, 0.1) is 0 Å². The lowest BCUT2D eigenvalue weighted by Crippen LogP contribution is -2.34. The standard InChI is InChI=1S/C5H10N2O2/c1-5(7-4-9)2-6-3-8/h3-5H,2H2,1H3,(H,6,8)(H,7,9)/t5-/m0/s1. The minimum absolute atomic E-state index is 0.00713. The van der Waals surface area contributed by atoms with Crippen molar-refractivity contribution in [1.29, 1.82) is 0 Å². The van der Waals surface area contributed by atoms with E-state index in [-0.39, 0.29) is 6.04 Å². The van der Waals surface area contributed by atoms with Gasteiger partial charge in [-0.15, -0.1) is 0 Å². The molecule has 0 aromatic rings. The van der Waals surface area contributed by atoms with Gasteiger partial charge in [0.15, 0.2) is 0 Å². The molecule has 2 N–H and O–H groups in total. The highest BCUT2D eigenvalue weighted by Gasteiger charge is 1.94. The first kappa shape index (κ1) is 7.94. The summed E-state index contributed by atoms with van der Waals surface area (Å²) in [6.45, 7) is 2.27. The van der Waals surface area contributed by atoms with E-state index in [0.29, 0.717) is 19.4 Å². The summed E-state index contributed by atoms with van der Waals surface area (Å²) < 4.78 is 0. The minimum Gasteiger partial charge on any atom is -0.357 e. The molecule has 4 heteroatoms. The third-order valence-corrected chi connectivity index (χ3v) is 0.860. The third-order valence-electron chi connectivity index (χ3n) is 0.860. The van der Waals surface area contributed by atoms with Crippen molar-refractivity contribution < 1.29 is 9.59 Å². The molecule has 0 aliphatic rings. The first-order valence-electron chi connectivity index (χ1n) is 2.68. The van der Waals surface area contributed by atoms with Crippen molar-refractivity contribution in [2.24, 2.45) is 0 Å². The molecule has 0 aromatic heterocycles. The number of rotatable bonds is 5. The van der Waals surface area contributed by atoms with Crippen LogP contribution in [0.5, 0.6) is 0 Å². The summed E-state index contributed by atoms with van der Waals surface area (Å²) >= 11 is 0. The van der Waals surface area contributed by atoms with E-state index < -0.39 is 0 Å². The molecular weight excluding hydrogens is 120 g/mol. The van der Waals surface area contributed by atoms with Gasteiger partial charge >= 0.3 is 0 Å². The van der Waals surface area contributed by atoms with Crippen LogP contribution in [0.3, 0.4) is 0 Å². The molecule has 0 unspecified atom stereocenters. The Kier molecular flexibility index (Phi) is 4.49. The number of hydrogen-bond acceptors (Lipinski definition) is 2. The van der Waals surface area contributed by atoms with Gasteiger partial charge in [0.2, 0.25) is 12.8 Å². The molecule has 0 bridgehead atoms. The van der Waals surface area contributed by atoms with Crippen LogP contribution in [0.1, 0.15) is 6.92 Å². The van der Waals surface area contributed by atoms with Crippen molar-refractivity contribution in [2.75, 3.05) is 6.54 Å². The number of carbonyl (C=O) groups excluding carboxylic acids is 2. The Balaban J connectivity index is 3.14. The average Bonchev–Trinajstić information content (AvgIpc) is 1.85. The topological polar surface area (TPSA) is 58.2 Å². The highest BCUT2D eigenvalue weighted by molar-refractivity contribution is 5.48. The minimum atomic E-state index is 0.00713. The van der Waals surface area contributed by atoms with Gasteiger partial charge < -0.3 is 10.6 Å². The molecule has 0 aliphatic heterocycles. The summed E-state index contributed by atoms with van der Waals surface area (Å²) in [4.78, 5) is 19.4. The molecule has 52 valence electrons. The first-order valence-corrected chi connectivity index (χ1v) is 2.68. The molecule has 0 saturated carbocycles. The van der Waals surface area contributed by atoms with Gasteiger partial charge in [0.1, 0.15) is 0 Å². The van der Waals surface area contributed by atoms with Crippen molar-refractivity contribution in [3.05, 3.63) is 0 Å². The van der Waals surface area contributed by atoms with Gasteiger partial charge in [-0.2, -0.15) is 0 Å². The molecule has 0 aliphatic carbocycles. The van der Waals surface area contributed by atoms with Gasteiger partial charge in [-0.25, -0.2) is 0 Å². The fraction of sp³-hybridized carbons (Fsp3) is 0.600. The average molecular weight is 130 g/mol. The van der Waals surface area contributed by atoms with Crippen molar-refractivity contribution in [2.45, 2.75) is 13.0 Å². The molecule has 0 radical (unpaired) electrons. The van der Waals surface area contributed by atoms with Crippen LogP contribution in [0, 0.1) is 0 Å². The summed E-state index contributed by atoms with van der Waals surface area (Å²) in [5, 5.41) is 4.91. The maximum atomic E-state index is 9.75. The van der Waals surface area contributed by atoms with E-state index in [9.17, 15) is 9.59 Å². The van der Waals surface area contributed by atoms with Crippen LogP contribution in [0.15, 0.2) is 0 Å². The second-order valence-corrected chi connectivity index (χ2v) is 1.71. The van der Waals surface area contributed by atoms with Crippen molar-refractivity contribution in [3.8, 4) is 0 Å². The molecule has 1 atom stereocenters. The summed E-state index contributed by atoms with van der Waals surface area (Å²) in [5.74, 6) is 0. The van der Waals surface area contributed by atoms with E-state index in [1.807, 2.05) is 0 Å². The van der Waals surface area contributed by atoms with Crippen molar-refractivity contribution in [1.82, 2.24) is 10.6 Å². The SMILES string of the molecule is C[C@@H](CNC=O)NC=O. The van der Waals surface area contributed by atoms with Crippen LogP contribution in [-0.2, 0) is 9.59 Å². The van der Waals surface area contributed by atoms with Crippen LogP contribution >= 0.6 is 0 Å². The van der Waals surface area contributed by atoms with E-state index in [2.05, 4.69) is 10.6 Å². The van der Waals surface area contributed by atoms with Crippen LogP contribution in [0.25, 0.3) is 0 Å². The fourth-order valence-corrected chi connectivity index (χ4v) is 0.400. The zero-order valence-corrected chi connectivity index (χ0v) is 5.26. The molecule has 4 nitrogen and oxygen atoms in total. The molecule has 0 fully saturated rings. The van der Waals surface area contributed by atoms with Gasteiger partial charge in [0.25, 0.3) is 0 Å². The Morgan fingerprint density at radius 2 is 2.11 bits per heavy atom. The molecule has 0 spiro atoms. The number of carbonyl (C=O) groups is 2. The maximum absolute atomic E-state index is 9.75. The summed E-state index contributed by atoms with van der Waals surface area (Å²) in [5.41, 5.74) is 0. The summed E-state index contributed by atoms with van der Waals surface area (Å²) in [6.07, 6.45) is 1.21. The predicted octanol–water partition coefficient (Wildman–Crippen LogP) is -1.13. The van der Waals surface area contributed by atoms with E-state index in [1.165, 1.54) is 0 Å². The van der Waals surface area contributed by atoms with E-state index in [1.54, 1.807) is 6.92 Å². The maximum Gasteiger partial charge on any atom is 0.207 e. The lowest BCUT2D eigenvalue weighted by atomic mass is 10.3. The molecule has 0 aromatic carbocycles. The van der Waals surface area contributed by atoms with Gasteiger partial charge in [-0.3, -0.25) is 9.59 Å². The first-order chi connectivity index (χ1) is 4.31. The largest absolute Gasteiger partial charge is 0.357 e. The van der Waals surface area contributed by atoms with Crippen LogP contribution < -0.4 is 10.6 Å². The number of nitrogens with one attached hydrogen (secondary N) is 2. The van der Waals surface area contributed by atoms with Crippen molar-refractivity contribution in [3.63, 3.8) is 0 Å². The summed E-state index contributed by atoms with van der Waals surface area (Å²) in [6, 6.07) is 0.00713. The number of hydrogen-bond donors (Lipinski definition) is 2. The van der Waals surface area contributed by atoms with E-state index >= 15 is 0 Å². The Morgan fingerprint density at radius 3 is 2.56 bits per heavy atom. The predicted molar refractivity (Wildman–Crippen MR) is 32.7 cm³/mol. The Labute approximate surface area is 53.6 Å². The zero-order chi connectivity index (χ0) is 7.11. The highest BCUT2D eigenvalue weighted by Crippen LogP contribution is 1.71. The Hall–Kier alpha value is -1.06. The zero-order valence-electron chi connectivity index (χ0n) is 5.26. The van der Waals surface area contributed by atoms with Gasteiger partial charge in [-0.1, -0.05) is 0 Å². The van der Waals surface area contributed by atoms with E-state index in [0.717, 1.165) is 0 Å². The summed E-state index contributed by atoms with van der Waals surface area (Å²) in [7, 11) is 0. The molecule has 0 rings (SSSR count). The van der Waals surface area contributed by atoms with Crippen molar-refractivity contribution >= 4 is 12.8 Å². The fourth-order valence-electron chi connectivity index (χ4n) is 0.400. The lowest BCUT2D eigenvalue weighted by Gasteiger charge is -2.06. The lowest BCUT2D eigenvalue weighted by molar-refractivity contribution is -0.111. The molecular formula is C5H10N2O2. The van der Waals surface area contributed by atoms with Crippen LogP contribution in [-0.4, -0.2) is 25.4 Å². The van der Waals surface area contributed by atoms with Gasteiger partial charge in [0, 0.05) is 12.6 Å². The molecule has 9 heavy (non-hydrogen) atoms. The molecule has 0 saturated heterocycles. The monoisotopic (exact) mass is 130 g/mol. The second-order valence-electron chi connectivity index (χ2n) is 1.71. The van der Waals surface area contributed by atoms with Crippen LogP contribution in [0.4, 0.5) is 0 Å². The smallest absolute Gasteiger partial charge is 0.207 e. The quantitative estimate of drug-likeness (QED) is 0.462. The second kappa shape index (κ2) is 5.08.